The van der Waals surface area contributed by atoms with Crippen molar-refractivity contribution in [3.63, 3.8) is 0 Å². The molecule has 0 aromatic carbocycles. The van der Waals surface area contributed by atoms with Crippen molar-refractivity contribution in [1.29, 1.82) is 0 Å². The van der Waals surface area contributed by atoms with Gasteiger partial charge in [0.25, 0.3) is 0 Å². The Kier molecular flexibility index (Phi) is 6.20. The summed E-state index contributed by atoms with van der Waals surface area (Å²) in [6, 6.07) is 0. The number of hydrogen-bond acceptors (Lipinski definition) is 5. The smallest absolute Gasteiger partial charge is 0.178 e. The van der Waals surface area contributed by atoms with Gasteiger partial charge < -0.3 is 24.8 Å². The fraction of sp³-hybridized carbons (Fsp3) is 1.00. The van der Waals surface area contributed by atoms with Crippen molar-refractivity contribution in [2.24, 2.45) is 17.8 Å². The Labute approximate surface area is 115 Å². The lowest BCUT2D eigenvalue weighted by Gasteiger charge is -2.42. The van der Waals surface area contributed by atoms with Gasteiger partial charge in [-0.2, -0.15) is 0 Å². The molecule has 5 atom stereocenters. The van der Waals surface area contributed by atoms with Crippen LogP contribution in [-0.4, -0.2) is 53.1 Å². The van der Waals surface area contributed by atoms with Crippen LogP contribution < -0.4 is 0 Å². The molecule has 0 aliphatic carbocycles. The highest BCUT2D eigenvalue weighted by molar-refractivity contribution is 4.91. The third kappa shape index (κ3) is 3.28. The molecule has 1 saturated heterocycles. The third-order valence-electron chi connectivity index (χ3n) is 4.41. The minimum atomic E-state index is -0.962. The largest absolute Gasteiger partial charge is 0.396 e. The van der Waals surface area contributed by atoms with Crippen LogP contribution in [0.15, 0.2) is 0 Å². The molecule has 0 bridgehead atoms. The number of aliphatic hydroxyl groups excluding tert-OH is 3. The van der Waals surface area contributed by atoms with E-state index in [9.17, 15) is 15.3 Å². The molecular weight excluding hydrogens is 248 g/mol. The summed E-state index contributed by atoms with van der Waals surface area (Å²) in [6.45, 7) is 8.26. The summed E-state index contributed by atoms with van der Waals surface area (Å²) in [5.41, 5.74) is 0. The molecular formula is C14H28O5. The molecule has 1 aliphatic rings. The average molecular weight is 276 g/mol. The predicted molar refractivity (Wildman–Crippen MR) is 71.5 cm³/mol. The number of ether oxygens (including phenoxy) is 2. The zero-order valence-electron chi connectivity index (χ0n) is 12.4. The van der Waals surface area contributed by atoms with E-state index in [4.69, 9.17) is 9.47 Å². The summed E-state index contributed by atoms with van der Waals surface area (Å²) in [5.74, 6) is -1.79. The lowest BCUT2D eigenvalue weighted by atomic mass is 9.79. The van der Waals surface area contributed by atoms with Crippen molar-refractivity contribution in [1.82, 2.24) is 0 Å². The summed E-state index contributed by atoms with van der Waals surface area (Å²) in [5, 5.41) is 29.7. The van der Waals surface area contributed by atoms with Crippen LogP contribution in [0.25, 0.3) is 0 Å². The summed E-state index contributed by atoms with van der Waals surface area (Å²) in [4.78, 5) is 0. The van der Waals surface area contributed by atoms with E-state index in [0.717, 1.165) is 0 Å². The highest BCUT2D eigenvalue weighted by Gasteiger charge is 2.50. The van der Waals surface area contributed by atoms with Crippen LogP contribution in [0.2, 0.25) is 0 Å². The SMILES string of the molecule is CC[C@H](O)[C@@H](C)[C@@H](O)[C@H](C)C1([C@H](C)CO)OCCO1. The third-order valence-corrected chi connectivity index (χ3v) is 4.41. The van der Waals surface area contributed by atoms with E-state index in [0.29, 0.717) is 19.6 Å². The van der Waals surface area contributed by atoms with Gasteiger partial charge in [0.2, 0.25) is 0 Å². The highest BCUT2D eigenvalue weighted by Crippen LogP contribution is 2.39. The number of aliphatic hydroxyl groups is 3. The van der Waals surface area contributed by atoms with Gasteiger partial charge in [0.1, 0.15) is 0 Å². The maximum Gasteiger partial charge on any atom is 0.178 e. The van der Waals surface area contributed by atoms with Gasteiger partial charge in [-0.25, -0.2) is 0 Å². The second kappa shape index (κ2) is 6.99. The Morgan fingerprint density at radius 2 is 1.63 bits per heavy atom. The van der Waals surface area contributed by atoms with Gasteiger partial charge >= 0.3 is 0 Å². The molecule has 5 nitrogen and oxygen atoms in total. The predicted octanol–water partition coefficient (Wildman–Crippen LogP) is 0.762. The fourth-order valence-electron chi connectivity index (χ4n) is 2.86. The van der Waals surface area contributed by atoms with Crippen LogP contribution in [0.3, 0.4) is 0 Å². The maximum absolute atomic E-state index is 10.5. The summed E-state index contributed by atoms with van der Waals surface area (Å²) >= 11 is 0. The molecule has 1 rings (SSSR count). The van der Waals surface area contributed by atoms with Crippen LogP contribution in [0, 0.1) is 17.8 Å². The standard InChI is InChI=1S/C14H28O5/c1-5-12(16)10(3)13(17)11(4)14(9(2)8-15)18-6-7-19-14/h9-13,15-17H,5-8H2,1-4H3/t9-,10-,11+,12+,13-/m1/s1. The second-order valence-electron chi connectivity index (χ2n) is 5.62. The molecule has 0 aromatic heterocycles. The first-order valence-corrected chi connectivity index (χ1v) is 7.15. The van der Waals surface area contributed by atoms with Crippen molar-refractivity contribution in [3.05, 3.63) is 0 Å². The molecule has 114 valence electrons. The zero-order valence-corrected chi connectivity index (χ0v) is 12.4. The molecule has 19 heavy (non-hydrogen) atoms. The summed E-state index contributed by atoms with van der Waals surface area (Å²) < 4.78 is 11.4. The molecule has 0 amide bonds. The van der Waals surface area contributed by atoms with E-state index in [1.165, 1.54) is 0 Å². The van der Waals surface area contributed by atoms with E-state index >= 15 is 0 Å². The van der Waals surface area contributed by atoms with Gasteiger partial charge in [0.15, 0.2) is 5.79 Å². The van der Waals surface area contributed by atoms with Crippen molar-refractivity contribution >= 4 is 0 Å². The minimum absolute atomic E-state index is 0.0677. The van der Waals surface area contributed by atoms with E-state index in [1.807, 2.05) is 27.7 Å². The molecule has 0 aromatic rings. The zero-order chi connectivity index (χ0) is 14.6. The van der Waals surface area contributed by atoms with E-state index in [-0.39, 0.29) is 24.4 Å². The first kappa shape index (κ1) is 16.9. The van der Waals surface area contributed by atoms with Gasteiger partial charge in [0.05, 0.1) is 32.0 Å². The highest BCUT2D eigenvalue weighted by atomic mass is 16.7. The lowest BCUT2D eigenvalue weighted by Crippen LogP contribution is -2.52. The molecule has 5 heteroatoms. The van der Waals surface area contributed by atoms with E-state index in [1.54, 1.807) is 0 Å². The van der Waals surface area contributed by atoms with Crippen LogP contribution in [-0.2, 0) is 9.47 Å². The minimum Gasteiger partial charge on any atom is -0.396 e. The summed E-state index contributed by atoms with van der Waals surface area (Å²) in [7, 11) is 0. The van der Waals surface area contributed by atoms with Gasteiger partial charge in [0, 0.05) is 17.8 Å². The molecule has 0 radical (unpaired) electrons. The van der Waals surface area contributed by atoms with E-state index < -0.39 is 18.0 Å². The molecule has 1 fully saturated rings. The Morgan fingerprint density at radius 1 is 1.11 bits per heavy atom. The van der Waals surface area contributed by atoms with Crippen molar-refractivity contribution in [2.45, 2.75) is 52.1 Å². The number of hydrogen-bond donors (Lipinski definition) is 3. The van der Waals surface area contributed by atoms with Gasteiger partial charge in [-0.1, -0.05) is 27.7 Å². The first-order valence-electron chi connectivity index (χ1n) is 7.15. The number of rotatable bonds is 7. The van der Waals surface area contributed by atoms with Crippen LogP contribution >= 0.6 is 0 Å². The van der Waals surface area contributed by atoms with Crippen LogP contribution in [0.5, 0.6) is 0 Å². The molecule has 0 saturated carbocycles. The van der Waals surface area contributed by atoms with Gasteiger partial charge in [-0.3, -0.25) is 0 Å². The topological polar surface area (TPSA) is 79.2 Å². The Morgan fingerprint density at radius 3 is 2.05 bits per heavy atom. The van der Waals surface area contributed by atoms with Crippen LogP contribution in [0.4, 0.5) is 0 Å². The quantitative estimate of drug-likeness (QED) is 0.640. The Hall–Kier alpha value is -0.200. The van der Waals surface area contributed by atoms with Crippen LogP contribution in [0.1, 0.15) is 34.1 Å². The molecule has 1 heterocycles. The van der Waals surface area contributed by atoms with Gasteiger partial charge in [-0.15, -0.1) is 0 Å². The van der Waals surface area contributed by atoms with E-state index in [2.05, 4.69) is 0 Å². The molecule has 1 aliphatic heterocycles. The summed E-state index contributed by atoms with van der Waals surface area (Å²) in [6.07, 6.45) is -0.711. The van der Waals surface area contributed by atoms with Crippen molar-refractivity contribution in [3.8, 4) is 0 Å². The molecule has 0 unspecified atom stereocenters. The Balaban J connectivity index is 2.85. The first-order chi connectivity index (χ1) is 8.90. The second-order valence-corrected chi connectivity index (χ2v) is 5.62. The molecule has 3 N–H and O–H groups in total. The fourth-order valence-corrected chi connectivity index (χ4v) is 2.86. The average Bonchev–Trinajstić information content (AvgIpc) is 2.93. The Bertz CT molecular complexity index is 265. The normalized spacial score (nSPS) is 26.7. The van der Waals surface area contributed by atoms with Crippen molar-refractivity contribution < 1.29 is 24.8 Å². The lowest BCUT2D eigenvalue weighted by molar-refractivity contribution is -0.253. The molecule has 0 spiro atoms. The maximum atomic E-state index is 10.5. The van der Waals surface area contributed by atoms with Crippen molar-refractivity contribution in [2.75, 3.05) is 19.8 Å². The monoisotopic (exact) mass is 276 g/mol. The van der Waals surface area contributed by atoms with Gasteiger partial charge in [-0.05, 0) is 6.42 Å².